The molecule has 48 heavy (non-hydrogen) atoms. The molecule has 0 saturated carbocycles. The Bertz CT molecular complexity index is 1640. The van der Waals surface area contributed by atoms with Crippen LogP contribution in [0.4, 0.5) is 4.79 Å². The van der Waals surface area contributed by atoms with Crippen LogP contribution in [0.25, 0.3) is 6.08 Å². The molecule has 2 aromatic rings. The van der Waals surface area contributed by atoms with E-state index in [0.29, 0.717) is 55.6 Å². The molecule has 0 radical (unpaired) electrons. The number of ether oxygens (including phenoxy) is 3. The minimum atomic E-state index is -0.750. The lowest BCUT2D eigenvalue weighted by atomic mass is 9.85. The van der Waals surface area contributed by atoms with E-state index in [1.807, 2.05) is 45.0 Å². The molecule has 1 unspecified atom stereocenters. The number of rotatable bonds is 8. The van der Waals surface area contributed by atoms with E-state index in [1.165, 1.54) is 0 Å². The third kappa shape index (κ3) is 7.58. The molecule has 3 heterocycles. The highest BCUT2D eigenvalue weighted by Crippen LogP contribution is 2.42. The van der Waals surface area contributed by atoms with Gasteiger partial charge in [-0.2, -0.15) is 0 Å². The monoisotopic (exact) mass is 656 g/mol. The van der Waals surface area contributed by atoms with E-state index in [-0.39, 0.29) is 30.2 Å². The van der Waals surface area contributed by atoms with Gasteiger partial charge in [-0.25, -0.2) is 9.79 Å². The predicted molar refractivity (Wildman–Crippen MR) is 186 cm³/mol. The molecule has 0 fully saturated rings. The van der Waals surface area contributed by atoms with E-state index >= 15 is 0 Å². The van der Waals surface area contributed by atoms with Crippen LogP contribution in [0.15, 0.2) is 60.6 Å². The number of aliphatic imine (C=N–C) groups is 1. The number of fused-ring (bicyclic) bond motifs is 2. The van der Waals surface area contributed by atoms with Crippen molar-refractivity contribution in [1.82, 2.24) is 15.5 Å². The van der Waals surface area contributed by atoms with Gasteiger partial charge in [-0.05, 0) is 89.8 Å². The number of allylic oxidation sites excluding steroid dienone is 1. The Hall–Kier alpha value is -4.60. The molecular weight excluding hydrogens is 608 g/mol. The molecule has 10 heteroatoms. The summed E-state index contributed by atoms with van der Waals surface area (Å²) in [4.78, 5) is 47.6. The first kappa shape index (κ1) is 34.7. The fourth-order valence-electron chi connectivity index (χ4n) is 6.66. The Balaban J connectivity index is 1.48. The molecule has 0 saturated heterocycles. The number of benzene rings is 2. The molecule has 3 aliphatic rings. The molecule has 256 valence electrons. The molecule has 0 aromatic heterocycles. The van der Waals surface area contributed by atoms with Crippen LogP contribution >= 0.6 is 0 Å². The summed E-state index contributed by atoms with van der Waals surface area (Å²) in [7, 11) is 0. The van der Waals surface area contributed by atoms with E-state index in [2.05, 4.69) is 23.8 Å². The van der Waals surface area contributed by atoms with Crippen LogP contribution in [0.5, 0.6) is 11.5 Å². The summed E-state index contributed by atoms with van der Waals surface area (Å²) >= 11 is 0. The molecular formula is C38H48N4O6. The third-order valence-corrected chi connectivity index (χ3v) is 9.03. The van der Waals surface area contributed by atoms with Gasteiger partial charge in [-0.3, -0.25) is 19.8 Å². The van der Waals surface area contributed by atoms with Crippen LogP contribution in [-0.4, -0.2) is 52.1 Å². The molecule has 0 spiro atoms. The zero-order valence-electron chi connectivity index (χ0n) is 29.0. The Kier molecular flexibility index (Phi) is 9.76. The van der Waals surface area contributed by atoms with E-state index in [4.69, 9.17) is 19.2 Å². The second-order valence-electron chi connectivity index (χ2n) is 14.4. The molecule has 3 amide bonds. The highest BCUT2D eigenvalue weighted by molar-refractivity contribution is 6.05. The number of carbonyl (C=O) groups is 3. The van der Waals surface area contributed by atoms with Crippen LogP contribution in [0.3, 0.4) is 0 Å². The van der Waals surface area contributed by atoms with Crippen molar-refractivity contribution in [2.24, 2.45) is 4.99 Å². The van der Waals surface area contributed by atoms with Gasteiger partial charge in [0.2, 0.25) is 11.9 Å². The van der Waals surface area contributed by atoms with Gasteiger partial charge < -0.3 is 19.5 Å². The van der Waals surface area contributed by atoms with Gasteiger partial charge >= 0.3 is 6.09 Å². The standard InChI is InChI=1S/C38H48N4O6/c1-9-12-18-38(11-3)23-32(43)42(34(41-38)40-35(45)48-36(4,5)6)29-17-19-46-30-16-14-25(21-27(29)30)33(44)39-28-22-37(7,8)47-31-15-13-24(10-2)20-26(28)31/h9-10,13-16,20-21,28-29H,1-2,11-12,17-19,22-23H2,3-8H3,(H,39,44)(H,40,41,45)/t28-,29+,38?/m0/s1. The van der Waals surface area contributed by atoms with Gasteiger partial charge in [0.05, 0.1) is 30.7 Å². The van der Waals surface area contributed by atoms with Crippen molar-refractivity contribution in [1.29, 1.82) is 0 Å². The number of hydrogen-bond acceptors (Lipinski definition) is 7. The number of nitrogens with zero attached hydrogens (tertiary/aromatic N) is 2. The van der Waals surface area contributed by atoms with Gasteiger partial charge in [0.1, 0.15) is 22.7 Å². The fraction of sp³-hybridized carbons (Fsp3) is 0.474. The third-order valence-electron chi connectivity index (χ3n) is 9.03. The first-order valence-corrected chi connectivity index (χ1v) is 16.7. The molecule has 0 aliphatic carbocycles. The van der Waals surface area contributed by atoms with Gasteiger partial charge in [0.25, 0.3) is 5.91 Å². The summed E-state index contributed by atoms with van der Waals surface area (Å²) in [5.74, 6) is 0.997. The molecule has 5 rings (SSSR count). The fourth-order valence-corrected chi connectivity index (χ4v) is 6.66. The number of alkyl carbamates (subject to hydrolysis) is 1. The van der Waals surface area contributed by atoms with Crippen LogP contribution in [0, 0.1) is 0 Å². The maximum absolute atomic E-state index is 14.1. The summed E-state index contributed by atoms with van der Waals surface area (Å²) in [6, 6.07) is 10.3. The average Bonchev–Trinajstić information content (AvgIpc) is 3.01. The lowest BCUT2D eigenvalue weighted by Crippen LogP contribution is -2.56. The van der Waals surface area contributed by atoms with Crippen molar-refractivity contribution in [2.45, 2.75) is 109 Å². The quantitative estimate of drug-likeness (QED) is 0.286. The second-order valence-corrected chi connectivity index (χ2v) is 14.4. The first-order chi connectivity index (χ1) is 22.7. The Morgan fingerprint density at radius 1 is 1.12 bits per heavy atom. The van der Waals surface area contributed by atoms with Crippen molar-refractivity contribution in [3.8, 4) is 11.5 Å². The Morgan fingerprint density at radius 2 is 1.88 bits per heavy atom. The molecule has 2 aromatic carbocycles. The van der Waals surface area contributed by atoms with Crippen molar-refractivity contribution >= 4 is 29.9 Å². The summed E-state index contributed by atoms with van der Waals surface area (Å²) in [6.45, 7) is 19.4. The lowest BCUT2D eigenvalue weighted by Gasteiger charge is -2.43. The number of nitrogens with one attached hydrogen (secondary N) is 2. The SMILES string of the molecule is C=CCCC1(CC)CC(=O)N([C@@H]2CCOc3ccc(C(=O)N[C@H]4CC(C)(C)Oc5ccc(C=C)cc54)cc32)C(NC(=O)OC(C)(C)C)=N1. The molecule has 10 nitrogen and oxygen atoms in total. The summed E-state index contributed by atoms with van der Waals surface area (Å²) in [5.41, 5.74) is 0.985. The summed E-state index contributed by atoms with van der Waals surface area (Å²) in [5, 5.41) is 6.02. The first-order valence-electron chi connectivity index (χ1n) is 16.7. The Labute approximate surface area is 283 Å². The zero-order chi connectivity index (χ0) is 34.9. The number of amides is 3. The molecule has 3 atom stereocenters. The van der Waals surface area contributed by atoms with Crippen LogP contribution < -0.4 is 20.1 Å². The summed E-state index contributed by atoms with van der Waals surface area (Å²) in [6.07, 6.45) is 5.96. The summed E-state index contributed by atoms with van der Waals surface area (Å²) < 4.78 is 17.8. The van der Waals surface area contributed by atoms with Crippen molar-refractivity contribution in [3.05, 3.63) is 77.9 Å². The topological polar surface area (TPSA) is 119 Å². The molecule has 3 aliphatic heterocycles. The lowest BCUT2D eigenvalue weighted by molar-refractivity contribution is -0.132. The van der Waals surface area contributed by atoms with E-state index in [1.54, 1.807) is 49.9 Å². The maximum atomic E-state index is 14.1. The number of carbonyl (C=O) groups excluding carboxylic acids is 3. The van der Waals surface area contributed by atoms with Crippen LogP contribution in [0.2, 0.25) is 0 Å². The largest absolute Gasteiger partial charge is 0.493 e. The van der Waals surface area contributed by atoms with Crippen molar-refractivity contribution < 1.29 is 28.6 Å². The van der Waals surface area contributed by atoms with Crippen LogP contribution in [0.1, 0.15) is 119 Å². The van der Waals surface area contributed by atoms with Gasteiger partial charge in [0, 0.05) is 29.5 Å². The van der Waals surface area contributed by atoms with E-state index in [9.17, 15) is 14.4 Å². The van der Waals surface area contributed by atoms with Gasteiger partial charge in [-0.15, -0.1) is 6.58 Å². The molecule has 2 N–H and O–H groups in total. The van der Waals surface area contributed by atoms with Gasteiger partial charge in [0.15, 0.2) is 0 Å². The number of guanidine groups is 1. The Morgan fingerprint density at radius 3 is 2.56 bits per heavy atom. The van der Waals surface area contributed by atoms with E-state index < -0.39 is 28.9 Å². The van der Waals surface area contributed by atoms with Crippen molar-refractivity contribution in [2.75, 3.05) is 6.61 Å². The average molecular weight is 657 g/mol. The minimum absolute atomic E-state index is 0.137. The van der Waals surface area contributed by atoms with Crippen LogP contribution in [-0.2, 0) is 9.53 Å². The smallest absolute Gasteiger partial charge is 0.414 e. The normalized spacial score (nSPS) is 22.9. The highest BCUT2D eigenvalue weighted by Gasteiger charge is 2.44. The van der Waals surface area contributed by atoms with E-state index in [0.717, 1.165) is 16.9 Å². The van der Waals surface area contributed by atoms with Gasteiger partial charge in [-0.1, -0.05) is 31.7 Å². The molecule has 0 bridgehead atoms. The zero-order valence-corrected chi connectivity index (χ0v) is 29.0. The maximum Gasteiger partial charge on any atom is 0.414 e. The predicted octanol–water partition coefficient (Wildman–Crippen LogP) is 7.41. The highest BCUT2D eigenvalue weighted by atomic mass is 16.6. The second kappa shape index (κ2) is 13.5. The van der Waals surface area contributed by atoms with Crippen molar-refractivity contribution in [3.63, 3.8) is 0 Å². The minimum Gasteiger partial charge on any atom is -0.493 e. The number of hydrogen-bond donors (Lipinski definition) is 2.